The lowest BCUT2D eigenvalue weighted by atomic mass is 9.99. The van der Waals surface area contributed by atoms with E-state index in [1.54, 1.807) is 29.6 Å². The van der Waals surface area contributed by atoms with Crippen LogP contribution >= 0.6 is 11.8 Å². The summed E-state index contributed by atoms with van der Waals surface area (Å²) in [4.78, 5) is 16.6. The number of aryl methyl sites for hydroxylation is 1. The average Bonchev–Trinajstić information content (AvgIpc) is 2.98. The van der Waals surface area contributed by atoms with Gasteiger partial charge in [0.15, 0.2) is 0 Å². The predicted octanol–water partition coefficient (Wildman–Crippen LogP) is 4.73. The van der Waals surface area contributed by atoms with Gasteiger partial charge in [-0.2, -0.15) is 0 Å². The highest BCUT2D eigenvalue weighted by Gasteiger charge is 2.19. The highest BCUT2D eigenvalue weighted by atomic mass is 32.2. The first-order chi connectivity index (χ1) is 12.1. The van der Waals surface area contributed by atoms with Gasteiger partial charge in [-0.15, -0.1) is 11.8 Å². The van der Waals surface area contributed by atoms with Gasteiger partial charge >= 0.3 is 0 Å². The number of benzene rings is 2. The number of amides is 1. The van der Waals surface area contributed by atoms with Crippen LogP contribution in [0.1, 0.15) is 10.5 Å². The molecule has 0 bridgehead atoms. The van der Waals surface area contributed by atoms with Gasteiger partial charge in [0.1, 0.15) is 5.69 Å². The number of rotatable bonds is 4. The topological polar surface area (TPSA) is 52.4 Å². The molecule has 2 N–H and O–H groups in total. The normalized spacial score (nSPS) is 10.4. The second kappa shape index (κ2) is 6.88. The Hall–Kier alpha value is -2.97. The number of nitrogens with zero attached hydrogens (tertiary/aromatic N) is 2. The maximum Gasteiger partial charge on any atom is 0.264 e. The zero-order chi connectivity index (χ0) is 18.0. The van der Waals surface area contributed by atoms with E-state index in [1.165, 1.54) is 4.90 Å². The van der Waals surface area contributed by atoms with Crippen LogP contribution in [-0.2, 0) is 7.05 Å². The first kappa shape index (κ1) is 16.9. The van der Waals surface area contributed by atoms with Crippen LogP contribution in [0, 0.1) is 6.57 Å². The molecule has 0 spiro atoms. The number of carbonyl (C=O) groups is 1. The minimum atomic E-state index is -0.538. The van der Waals surface area contributed by atoms with E-state index in [9.17, 15) is 4.79 Å². The third kappa shape index (κ3) is 3.04. The van der Waals surface area contributed by atoms with Crippen LogP contribution in [-0.4, -0.2) is 16.7 Å². The number of thioether (sulfide) groups is 1. The van der Waals surface area contributed by atoms with Crippen LogP contribution in [0.3, 0.4) is 0 Å². The average molecular weight is 347 g/mol. The molecule has 25 heavy (non-hydrogen) atoms. The Bertz CT molecular complexity index is 981. The molecule has 0 radical (unpaired) electrons. The molecule has 2 aromatic carbocycles. The third-order valence-corrected chi connectivity index (χ3v) is 4.90. The molecule has 0 atom stereocenters. The Kier molecular flexibility index (Phi) is 4.64. The molecule has 5 heteroatoms. The lowest BCUT2D eigenvalue weighted by Crippen LogP contribution is -2.16. The summed E-state index contributed by atoms with van der Waals surface area (Å²) in [5.74, 6) is -0.538. The molecule has 0 aliphatic carbocycles. The first-order valence-electron chi connectivity index (χ1n) is 7.67. The molecule has 0 saturated carbocycles. The number of nitrogens with two attached hydrogens (primary N) is 1. The molecular weight excluding hydrogens is 330 g/mol. The lowest BCUT2D eigenvalue weighted by molar-refractivity contribution is 0.0993. The summed E-state index contributed by atoms with van der Waals surface area (Å²) in [6.07, 6.45) is 3.69. The Morgan fingerprint density at radius 2 is 1.76 bits per heavy atom. The molecule has 4 nitrogen and oxygen atoms in total. The number of aromatic nitrogens is 1. The quantitative estimate of drug-likeness (QED) is 0.548. The van der Waals surface area contributed by atoms with Crippen molar-refractivity contribution < 1.29 is 4.79 Å². The molecule has 1 amide bonds. The van der Waals surface area contributed by atoms with Gasteiger partial charge in [-0.1, -0.05) is 42.5 Å². The van der Waals surface area contributed by atoms with E-state index in [0.717, 1.165) is 16.7 Å². The van der Waals surface area contributed by atoms with E-state index in [0.29, 0.717) is 16.9 Å². The van der Waals surface area contributed by atoms with Crippen molar-refractivity contribution in [1.82, 2.24) is 4.57 Å². The number of carbonyl (C=O) groups excluding carboxylic acids is 1. The van der Waals surface area contributed by atoms with Crippen molar-refractivity contribution in [1.29, 1.82) is 0 Å². The molecule has 124 valence electrons. The van der Waals surface area contributed by atoms with Gasteiger partial charge in [-0.3, -0.25) is 4.79 Å². The van der Waals surface area contributed by atoms with Gasteiger partial charge in [0.2, 0.25) is 5.69 Å². The Morgan fingerprint density at radius 1 is 1.12 bits per heavy atom. The fraction of sp³-hybridized carbons (Fsp3) is 0.100. The molecule has 0 saturated heterocycles. The highest BCUT2D eigenvalue weighted by molar-refractivity contribution is 7.98. The van der Waals surface area contributed by atoms with E-state index in [4.69, 9.17) is 12.3 Å². The molecular formula is C20H17N3OS. The van der Waals surface area contributed by atoms with Gasteiger partial charge in [0, 0.05) is 23.7 Å². The highest BCUT2D eigenvalue weighted by Crippen LogP contribution is 2.37. The fourth-order valence-electron chi connectivity index (χ4n) is 2.98. The molecule has 3 rings (SSSR count). The largest absolute Gasteiger partial charge is 0.364 e. The van der Waals surface area contributed by atoms with Crippen LogP contribution in [0.15, 0.2) is 59.6 Å². The molecule has 1 heterocycles. The third-order valence-electron chi connectivity index (χ3n) is 4.11. The maximum atomic E-state index is 11.8. The van der Waals surface area contributed by atoms with Crippen molar-refractivity contribution in [3.8, 4) is 22.3 Å². The van der Waals surface area contributed by atoms with Crippen LogP contribution < -0.4 is 5.73 Å². The van der Waals surface area contributed by atoms with Gasteiger partial charge in [-0.05, 0) is 29.0 Å². The summed E-state index contributed by atoms with van der Waals surface area (Å²) < 4.78 is 1.61. The summed E-state index contributed by atoms with van der Waals surface area (Å²) in [6.45, 7) is 7.37. The molecule has 3 aromatic rings. The molecule has 0 unspecified atom stereocenters. The van der Waals surface area contributed by atoms with Crippen molar-refractivity contribution in [2.45, 2.75) is 4.90 Å². The zero-order valence-corrected chi connectivity index (χ0v) is 14.8. The minimum Gasteiger partial charge on any atom is -0.364 e. The molecule has 0 aliphatic heterocycles. The predicted molar refractivity (Wildman–Crippen MR) is 103 cm³/mol. The van der Waals surface area contributed by atoms with Gasteiger partial charge in [0.05, 0.1) is 6.57 Å². The van der Waals surface area contributed by atoms with E-state index in [-0.39, 0.29) is 0 Å². The summed E-state index contributed by atoms with van der Waals surface area (Å²) in [6, 6.07) is 16.1. The Labute approximate surface area is 151 Å². The summed E-state index contributed by atoms with van der Waals surface area (Å²) in [7, 11) is 1.72. The summed E-state index contributed by atoms with van der Waals surface area (Å²) in [5, 5.41) is 0. The first-order valence-corrected chi connectivity index (χ1v) is 8.89. The van der Waals surface area contributed by atoms with E-state index < -0.39 is 5.91 Å². The van der Waals surface area contributed by atoms with Crippen molar-refractivity contribution >= 4 is 23.4 Å². The van der Waals surface area contributed by atoms with Crippen molar-refractivity contribution in [2.24, 2.45) is 12.8 Å². The standard InChI is InChI=1S/C20H17N3OS/c1-22-16-12-23(2)19(20(21)24)18(16)14-10-8-13(9-11-14)15-6-4-5-7-17(15)25-3/h4-12H,2-3H3,(H2,21,24). The van der Waals surface area contributed by atoms with E-state index in [1.807, 2.05) is 36.4 Å². The number of primary amides is 1. The number of hydrogen-bond acceptors (Lipinski definition) is 2. The van der Waals surface area contributed by atoms with Crippen LogP contribution in [0.4, 0.5) is 5.69 Å². The summed E-state index contributed by atoms with van der Waals surface area (Å²) >= 11 is 1.70. The van der Waals surface area contributed by atoms with Crippen LogP contribution in [0.25, 0.3) is 27.1 Å². The van der Waals surface area contributed by atoms with Crippen LogP contribution in [0.2, 0.25) is 0 Å². The number of hydrogen-bond donors (Lipinski definition) is 1. The maximum absolute atomic E-state index is 11.8. The van der Waals surface area contributed by atoms with Crippen molar-refractivity contribution in [3.05, 3.63) is 71.8 Å². The van der Waals surface area contributed by atoms with E-state index >= 15 is 0 Å². The van der Waals surface area contributed by atoms with Gasteiger partial charge in [-0.25, -0.2) is 4.85 Å². The molecule has 0 aliphatic rings. The van der Waals surface area contributed by atoms with Gasteiger partial charge in [0.25, 0.3) is 5.91 Å². The molecule has 0 fully saturated rings. The monoisotopic (exact) mass is 347 g/mol. The second-order valence-electron chi connectivity index (χ2n) is 5.60. The Morgan fingerprint density at radius 3 is 2.36 bits per heavy atom. The van der Waals surface area contributed by atoms with Gasteiger partial charge < -0.3 is 10.3 Å². The zero-order valence-electron chi connectivity index (χ0n) is 14.0. The second-order valence-corrected chi connectivity index (χ2v) is 6.45. The van der Waals surface area contributed by atoms with Crippen LogP contribution in [0.5, 0.6) is 0 Å². The van der Waals surface area contributed by atoms with Crippen molar-refractivity contribution in [3.63, 3.8) is 0 Å². The Balaban J connectivity index is 2.11. The lowest BCUT2D eigenvalue weighted by Gasteiger charge is -2.09. The SMILES string of the molecule is [C-]#[N+]c1cn(C)c(C(N)=O)c1-c1ccc(-c2ccccc2SC)cc1. The smallest absolute Gasteiger partial charge is 0.264 e. The minimum absolute atomic E-state index is 0.350. The molecule has 1 aromatic heterocycles. The van der Waals surface area contributed by atoms with E-state index in [2.05, 4.69) is 23.2 Å². The summed E-state index contributed by atoms with van der Waals surface area (Å²) in [5.41, 5.74) is 9.95. The van der Waals surface area contributed by atoms with Crippen molar-refractivity contribution in [2.75, 3.05) is 6.26 Å². The fourth-order valence-corrected chi connectivity index (χ4v) is 3.60.